The van der Waals surface area contributed by atoms with Crippen molar-refractivity contribution in [1.29, 1.82) is 0 Å². The van der Waals surface area contributed by atoms with Gasteiger partial charge in [0.05, 0.1) is 0 Å². The van der Waals surface area contributed by atoms with E-state index < -0.39 is 0 Å². The van der Waals surface area contributed by atoms with E-state index in [0.717, 1.165) is 44.1 Å². The third-order valence-electron chi connectivity index (χ3n) is 3.77. The van der Waals surface area contributed by atoms with Crippen LogP contribution in [0.4, 0.5) is 0 Å². The summed E-state index contributed by atoms with van der Waals surface area (Å²) < 4.78 is 11.1. The predicted molar refractivity (Wildman–Crippen MR) is 70.0 cm³/mol. The molecule has 4 nitrogen and oxygen atoms in total. The minimum absolute atomic E-state index is 0.352. The summed E-state index contributed by atoms with van der Waals surface area (Å²) in [5.74, 6) is 1.84. The van der Waals surface area contributed by atoms with Gasteiger partial charge >= 0.3 is 0 Å². The number of hydrogen-bond acceptors (Lipinski definition) is 4. The van der Waals surface area contributed by atoms with Crippen LogP contribution in [0.1, 0.15) is 24.9 Å². The lowest BCUT2D eigenvalue weighted by atomic mass is 10.0. The molecular formula is C14H20N2O2. The van der Waals surface area contributed by atoms with Gasteiger partial charge in [0, 0.05) is 37.8 Å². The molecule has 2 heterocycles. The topological polar surface area (TPSA) is 33.7 Å². The van der Waals surface area contributed by atoms with E-state index in [2.05, 4.69) is 29.3 Å². The summed E-state index contributed by atoms with van der Waals surface area (Å²) in [4.78, 5) is 2.54. The summed E-state index contributed by atoms with van der Waals surface area (Å²) in [5, 5.41) is 3.40. The summed E-state index contributed by atoms with van der Waals surface area (Å²) in [6, 6.07) is 6.65. The lowest BCUT2D eigenvalue weighted by Gasteiger charge is -2.35. The third-order valence-corrected chi connectivity index (χ3v) is 3.77. The molecule has 1 aromatic carbocycles. The van der Waals surface area contributed by atoms with Crippen molar-refractivity contribution in [2.45, 2.75) is 19.4 Å². The molecule has 0 amide bonds. The standard InChI is InChI=1S/C14H20N2O2/c1-2-12(16-8-6-15-7-9-16)11-4-3-5-13-14(11)18-10-17-13/h3-5,12,15H,2,6-10H2,1H3/t12-/m0/s1. The van der Waals surface area contributed by atoms with Crippen LogP contribution in [0.25, 0.3) is 0 Å². The van der Waals surface area contributed by atoms with Gasteiger partial charge in [-0.05, 0) is 12.5 Å². The van der Waals surface area contributed by atoms with Crippen molar-refractivity contribution in [3.8, 4) is 11.5 Å². The molecule has 0 aromatic heterocycles. The zero-order valence-corrected chi connectivity index (χ0v) is 10.8. The molecular weight excluding hydrogens is 228 g/mol. The van der Waals surface area contributed by atoms with Crippen molar-refractivity contribution in [1.82, 2.24) is 10.2 Å². The molecule has 1 atom stereocenters. The first-order valence-electron chi connectivity index (χ1n) is 6.73. The Morgan fingerprint density at radius 1 is 1.28 bits per heavy atom. The fourth-order valence-corrected chi connectivity index (χ4v) is 2.88. The zero-order valence-electron chi connectivity index (χ0n) is 10.8. The van der Waals surface area contributed by atoms with E-state index >= 15 is 0 Å². The monoisotopic (exact) mass is 248 g/mol. The van der Waals surface area contributed by atoms with E-state index in [0.29, 0.717) is 12.8 Å². The first-order valence-corrected chi connectivity index (χ1v) is 6.73. The lowest BCUT2D eigenvalue weighted by molar-refractivity contribution is 0.156. The van der Waals surface area contributed by atoms with Gasteiger partial charge in [0.15, 0.2) is 11.5 Å². The van der Waals surface area contributed by atoms with E-state index in [1.165, 1.54) is 5.56 Å². The van der Waals surface area contributed by atoms with Gasteiger partial charge in [-0.15, -0.1) is 0 Å². The molecule has 1 aromatic rings. The summed E-state index contributed by atoms with van der Waals surface area (Å²) in [6.45, 7) is 6.93. The molecule has 1 N–H and O–H groups in total. The van der Waals surface area contributed by atoms with Gasteiger partial charge in [0.25, 0.3) is 0 Å². The second kappa shape index (κ2) is 5.16. The van der Waals surface area contributed by atoms with Crippen LogP contribution in [0.5, 0.6) is 11.5 Å². The molecule has 0 spiro atoms. The lowest BCUT2D eigenvalue weighted by Crippen LogP contribution is -2.45. The summed E-state index contributed by atoms with van der Waals surface area (Å²) in [6.07, 6.45) is 1.10. The van der Waals surface area contributed by atoms with E-state index in [-0.39, 0.29) is 0 Å². The Labute approximate surface area is 108 Å². The Kier molecular flexibility index (Phi) is 3.39. The van der Waals surface area contributed by atoms with Crippen LogP contribution in [-0.4, -0.2) is 37.9 Å². The minimum Gasteiger partial charge on any atom is -0.454 e. The second-order valence-electron chi connectivity index (χ2n) is 4.79. The normalized spacial score (nSPS) is 20.9. The number of nitrogens with one attached hydrogen (secondary N) is 1. The number of rotatable bonds is 3. The van der Waals surface area contributed by atoms with Crippen molar-refractivity contribution in [2.75, 3.05) is 33.0 Å². The van der Waals surface area contributed by atoms with Crippen molar-refractivity contribution >= 4 is 0 Å². The molecule has 3 rings (SSSR count). The van der Waals surface area contributed by atoms with Gasteiger partial charge < -0.3 is 14.8 Å². The Bertz CT molecular complexity index is 416. The van der Waals surface area contributed by atoms with Crippen LogP contribution in [0.3, 0.4) is 0 Å². The summed E-state index contributed by atoms with van der Waals surface area (Å²) in [7, 11) is 0. The van der Waals surface area contributed by atoms with Crippen LogP contribution in [0, 0.1) is 0 Å². The maximum atomic E-state index is 5.64. The molecule has 98 valence electrons. The van der Waals surface area contributed by atoms with Crippen LogP contribution in [0.2, 0.25) is 0 Å². The Hall–Kier alpha value is -1.26. The third kappa shape index (κ3) is 2.06. The van der Waals surface area contributed by atoms with Crippen molar-refractivity contribution in [3.63, 3.8) is 0 Å². The number of ether oxygens (including phenoxy) is 2. The highest BCUT2D eigenvalue weighted by Gasteiger charge is 2.27. The highest BCUT2D eigenvalue weighted by atomic mass is 16.7. The predicted octanol–water partition coefficient (Wildman–Crippen LogP) is 1.77. The quantitative estimate of drug-likeness (QED) is 0.884. The van der Waals surface area contributed by atoms with Crippen molar-refractivity contribution in [3.05, 3.63) is 23.8 Å². The number of hydrogen-bond donors (Lipinski definition) is 1. The van der Waals surface area contributed by atoms with Gasteiger partial charge in [-0.3, -0.25) is 4.90 Å². The number of para-hydroxylation sites is 1. The molecule has 0 saturated carbocycles. The van der Waals surface area contributed by atoms with E-state index in [1.807, 2.05) is 6.07 Å². The summed E-state index contributed by atoms with van der Waals surface area (Å²) in [5.41, 5.74) is 1.27. The smallest absolute Gasteiger partial charge is 0.231 e. The van der Waals surface area contributed by atoms with Gasteiger partial charge in [0.2, 0.25) is 6.79 Å². The van der Waals surface area contributed by atoms with Crippen LogP contribution in [-0.2, 0) is 0 Å². The second-order valence-corrected chi connectivity index (χ2v) is 4.79. The van der Waals surface area contributed by atoms with E-state index in [1.54, 1.807) is 0 Å². The number of benzene rings is 1. The van der Waals surface area contributed by atoms with Crippen molar-refractivity contribution in [2.24, 2.45) is 0 Å². The average Bonchev–Trinajstić information content (AvgIpc) is 2.90. The first-order chi connectivity index (χ1) is 8.90. The maximum absolute atomic E-state index is 5.64. The van der Waals surface area contributed by atoms with E-state index in [4.69, 9.17) is 9.47 Å². The highest BCUT2D eigenvalue weighted by molar-refractivity contribution is 5.49. The van der Waals surface area contributed by atoms with E-state index in [9.17, 15) is 0 Å². The van der Waals surface area contributed by atoms with Gasteiger partial charge in [-0.25, -0.2) is 0 Å². The summed E-state index contributed by atoms with van der Waals surface area (Å²) >= 11 is 0. The Morgan fingerprint density at radius 3 is 2.89 bits per heavy atom. The average molecular weight is 248 g/mol. The Morgan fingerprint density at radius 2 is 2.11 bits per heavy atom. The first kappa shape index (κ1) is 11.8. The molecule has 18 heavy (non-hydrogen) atoms. The van der Waals surface area contributed by atoms with Crippen LogP contribution >= 0.6 is 0 Å². The molecule has 1 saturated heterocycles. The Balaban J connectivity index is 1.89. The molecule has 0 unspecified atom stereocenters. The molecule has 2 aliphatic rings. The SMILES string of the molecule is CC[C@@H](c1cccc2c1OCO2)N1CCNCC1. The van der Waals surface area contributed by atoms with Gasteiger partial charge in [0.1, 0.15) is 0 Å². The van der Waals surface area contributed by atoms with Crippen LogP contribution < -0.4 is 14.8 Å². The molecule has 0 radical (unpaired) electrons. The molecule has 4 heteroatoms. The molecule has 0 aliphatic carbocycles. The van der Waals surface area contributed by atoms with Crippen molar-refractivity contribution < 1.29 is 9.47 Å². The maximum Gasteiger partial charge on any atom is 0.231 e. The molecule has 1 fully saturated rings. The molecule has 0 bridgehead atoms. The van der Waals surface area contributed by atoms with Gasteiger partial charge in [-0.2, -0.15) is 0 Å². The highest BCUT2D eigenvalue weighted by Crippen LogP contribution is 2.41. The molecule has 2 aliphatic heterocycles. The number of nitrogens with zero attached hydrogens (tertiary/aromatic N) is 1. The zero-order chi connectivity index (χ0) is 12.4. The number of fused-ring (bicyclic) bond motifs is 1. The fraction of sp³-hybridized carbons (Fsp3) is 0.571. The fourth-order valence-electron chi connectivity index (χ4n) is 2.88. The van der Waals surface area contributed by atoms with Gasteiger partial charge in [-0.1, -0.05) is 19.1 Å². The van der Waals surface area contributed by atoms with Crippen LogP contribution in [0.15, 0.2) is 18.2 Å². The minimum atomic E-state index is 0.352. The largest absolute Gasteiger partial charge is 0.454 e. The number of piperazine rings is 1.